The normalized spacial score (nSPS) is 10.8. The Morgan fingerprint density at radius 3 is 2.60 bits per heavy atom. The number of benzene rings is 2. The van der Waals surface area contributed by atoms with Gasteiger partial charge in [0, 0.05) is 5.56 Å². The van der Waals surface area contributed by atoms with Crippen molar-refractivity contribution in [1.29, 1.82) is 0 Å². The van der Waals surface area contributed by atoms with Crippen LogP contribution in [0.3, 0.4) is 0 Å². The van der Waals surface area contributed by atoms with Crippen LogP contribution >= 0.6 is 0 Å². The quantitative estimate of drug-likeness (QED) is 0.421. The number of ether oxygens (including phenoxy) is 1. The Kier molecular flexibility index (Phi) is 4.81. The van der Waals surface area contributed by atoms with Crippen molar-refractivity contribution in [2.24, 2.45) is 0 Å². The molecule has 25 heavy (non-hydrogen) atoms. The van der Waals surface area contributed by atoms with Gasteiger partial charge in [-0.1, -0.05) is 30.3 Å². The summed E-state index contributed by atoms with van der Waals surface area (Å²) in [5.74, 6) is -0.493. The van der Waals surface area contributed by atoms with Crippen molar-refractivity contribution >= 4 is 16.9 Å². The summed E-state index contributed by atoms with van der Waals surface area (Å²) in [5, 5.41) is 19.9. The largest absolute Gasteiger partial charge is 0.507 e. The number of hydrogen-bond acceptors (Lipinski definition) is 6. The van der Waals surface area contributed by atoms with E-state index in [0.29, 0.717) is 10.9 Å². The van der Waals surface area contributed by atoms with Crippen LogP contribution in [0.5, 0.6) is 11.5 Å². The van der Waals surface area contributed by atoms with E-state index in [1.807, 2.05) is 0 Å². The summed E-state index contributed by atoms with van der Waals surface area (Å²) in [5.41, 5.74) is 0.128. The minimum absolute atomic E-state index is 0.0148. The highest BCUT2D eigenvalue weighted by Gasteiger charge is 2.16. The van der Waals surface area contributed by atoms with Gasteiger partial charge in [-0.3, -0.25) is 4.79 Å². The number of para-hydroxylation sites is 2. The lowest BCUT2D eigenvalue weighted by Gasteiger charge is -2.09. The number of aromatic hydroxyl groups is 1. The molecule has 3 rings (SSSR count). The molecule has 0 unspecified atom stereocenters. The number of carbonyl (C=O) groups excluding carboxylic acids is 1. The molecule has 2 aromatic carbocycles. The molecular formula is C19H16O6. The van der Waals surface area contributed by atoms with Gasteiger partial charge in [-0.05, 0) is 24.6 Å². The van der Waals surface area contributed by atoms with Crippen LogP contribution in [-0.4, -0.2) is 16.2 Å². The van der Waals surface area contributed by atoms with Gasteiger partial charge in [-0.2, -0.15) is 0 Å². The predicted molar refractivity (Wildman–Crippen MR) is 90.5 cm³/mol. The molecule has 0 saturated heterocycles. The standard InChI is InChI=1S/C19H16O6/c20-11-12-5-1-3-7-15(12)24-17(21)10-9-14-18(22)13-6-2-4-8-16(13)25-19(14)23/h1-8,20,22H,9-11H2. The highest BCUT2D eigenvalue weighted by molar-refractivity contribution is 5.84. The molecule has 0 aliphatic carbocycles. The molecule has 3 aromatic rings. The zero-order valence-electron chi connectivity index (χ0n) is 13.3. The highest BCUT2D eigenvalue weighted by atomic mass is 16.5. The molecule has 0 bridgehead atoms. The first-order valence-corrected chi connectivity index (χ1v) is 7.73. The van der Waals surface area contributed by atoms with E-state index in [-0.39, 0.29) is 42.1 Å². The van der Waals surface area contributed by atoms with Gasteiger partial charge in [-0.15, -0.1) is 0 Å². The fourth-order valence-electron chi connectivity index (χ4n) is 2.53. The Labute approximate surface area is 142 Å². The minimum Gasteiger partial charge on any atom is -0.507 e. The van der Waals surface area contributed by atoms with Crippen LogP contribution < -0.4 is 10.4 Å². The lowest BCUT2D eigenvalue weighted by molar-refractivity contribution is -0.134. The maximum atomic E-state index is 12.0. The number of aliphatic hydroxyl groups excluding tert-OH is 1. The predicted octanol–water partition coefficient (Wildman–Crippen LogP) is 2.53. The number of aliphatic hydroxyl groups is 1. The molecule has 0 aliphatic heterocycles. The lowest BCUT2D eigenvalue weighted by Crippen LogP contribution is -2.14. The molecule has 0 atom stereocenters. The van der Waals surface area contributed by atoms with Gasteiger partial charge in [0.2, 0.25) is 0 Å². The topological polar surface area (TPSA) is 97.0 Å². The van der Waals surface area contributed by atoms with Crippen molar-refractivity contribution in [2.45, 2.75) is 19.4 Å². The van der Waals surface area contributed by atoms with E-state index in [2.05, 4.69) is 0 Å². The highest BCUT2D eigenvalue weighted by Crippen LogP contribution is 2.27. The average molecular weight is 340 g/mol. The summed E-state index contributed by atoms with van der Waals surface area (Å²) in [6.45, 7) is -0.251. The van der Waals surface area contributed by atoms with E-state index < -0.39 is 11.6 Å². The number of rotatable bonds is 5. The molecule has 0 radical (unpaired) electrons. The maximum Gasteiger partial charge on any atom is 0.343 e. The molecule has 6 heteroatoms. The second-order valence-corrected chi connectivity index (χ2v) is 5.45. The van der Waals surface area contributed by atoms with Crippen LogP contribution in [-0.2, 0) is 17.8 Å². The molecular weight excluding hydrogens is 324 g/mol. The van der Waals surface area contributed by atoms with Gasteiger partial charge >= 0.3 is 11.6 Å². The summed E-state index contributed by atoms with van der Waals surface area (Å²) >= 11 is 0. The van der Waals surface area contributed by atoms with Crippen molar-refractivity contribution in [1.82, 2.24) is 0 Å². The minimum atomic E-state index is -0.681. The first kappa shape index (κ1) is 16.7. The SMILES string of the molecule is O=C(CCc1c(O)c2ccccc2oc1=O)Oc1ccccc1CO. The first-order valence-electron chi connectivity index (χ1n) is 7.73. The zero-order chi connectivity index (χ0) is 17.8. The van der Waals surface area contributed by atoms with E-state index in [0.717, 1.165) is 0 Å². The Balaban J connectivity index is 1.76. The van der Waals surface area contributed by atoms with Crippen LogP contribution in [0.2, 0.25) is 0 Å². The third kappa shape index (κ3) is 3.54. The smallest absolute Gasteiger partial charge is 0.343 e. The Hall–Kier alpha value is -3.12. The Morgan fingerprint density at radius 2 is 1.80 bits per heavy atom. The molecule has 2 N–H and O–H groups in total. The van der Waals surface area contributed by atoms with E-state index in [9.17, 15) is 19.8 Å². The van der Waals surface area contributed by atoms with Crippen LogP contribution in [0.15, 0.2) is 57.7 Å². The van der Waals surface area contributed by atoms with E-state index in [1.54, 1.807) is 48.5 Å². The van der Waals surface area contributed by atoms with Crippen molar-refractivity contribution in [3.63, 3.8) is 0 Å². The molecule has 0 aliphatic rings. The van der Waals surface area contributed by atoms with Gasteiger partial charge < -0.3 is 19.4 Å². The summed E-state index contributed by atoms with van der Waals surface area (Å²) in [4.78, 5) is 24.0. The lowest BCUT2D eigenvalue weighted by atomic mass is 10.1. The average Bonchev–Trinajstić information content (AvgIpc) is 2.62. The van der Waals surface area contributed by atoms with Crippen molar-refractivity contribution in [3.05, 3.63) is 70.1 Å². The molecule has 6 nitrogen and oxygen atoms in total. The Morgan fingerprint density at radius 1 is 1.08 bits per heavy atom. The molecule has 1 heterocycles. The second kappa shape index (κ2) is 7.19. The van der Waals surface area contributed by atoms with Crippen LogP contribution in [0.4, 0.5) is 0 Å². The Bertz CT molecular complexity index is 973. The molecule has 1 aromatic heterocycles. The van der Waals surface area contributed by atoms with Crippen LogP contribution in [0.25, 0.3) is 11.0 Å². The van der Waals surface area contributed by atoms with Gasteiger partial charge in [0.05, 0.1) is 24.0 Å². The van der Waals surface area contributed by atoms with Gasteiger partial charge in [0.1, 0.15) is 17.1 Å². The van der Waals surface area contributed by atoms with Crippen molar-refractivity contribution in [2.75, 3.05) is 0 Å². The van der Waals surface area contributed by atoms with Gasteiger partial charge in [0.15, 0.2) is 0 Å². The fourth-order valence-corrected chi connectivity index (χ4v) is 2.53. The van der Waals surface area contributed by atoms with E-state index >= 15 is 0 Å². The van der Waals surface area contributed by atoms with E-state index in [4.69, 9.17) is 9.15 Å². The summed E-state index contributed by atoms with van der Waals surface area (Å²) in [6, 6.07) is 13.3. The first-order chi connectivity index (χ1) is 12.1. The zero-order valence-corrected chi connectivity index (χ0v) is 13.3. The molecule has 0 fully saturated rings. The number of hydrogen-bond donors (Lipinski definition) is 2. The fraction of sp³-hybridized carbons (Fsp3) is 0.158. The van der Waals surface area contributed by atoms with Crippen molar-refractivity contribution in [3.8, 4) is 11.5 Å². The van der Waals surface area contributed by atoms with E-state index in [1.165, 1.54) is 0 Å². The molecule has 0 saturated carbocycles. The number of carbonyl (C=O) groups is 1. The molecule has 128 valence electrons. The number of fused-ring (bicyclic) bond motifs is 1. The maximum absolute atomic E-state index is 12.0. The molecule has 0 amide bonds. The monoisotopic (exact) mass is 340 g/mol. The molecule has 0 spiro atoms. The van der Waals surface area contributed by atoms with Crippen LogP contribution in [0.1, 0.15) is 17.5 Å². The van der Waals surface area contributed by atoms with Gasteiger partial charge in [0.25, 0.3) is 0 Å². The number of esters is 1. The third-order valence-electron chi connectivity index (χ3n) is 3.82. The summed E-state index contributed by atoms with van der Waals surface area (Å²) in [7, 11) is 0. The summed E-state index contributed by atoms with van der Waals surface area (Å²) in [6.07, 6.45) is -0.129. The van der Waals surface area contributed by atoms with Crippen LogP contribution in [0, 0.1) is 0 Å². The summed E-state index contributed by atoms with van der Waals surface area (Å²) < 4.78 is 10.4. The van der Waals surface area contributed by atoms with Gasteiger partial charge in [-0.25, -0.2) is 4.79 Å². The third-order valence-corrected chi connectivity index (χ3v) is 3.82. The van der Waals surface area contributed by atoms with Crippen molar-refractivity contribution < 1.29 is 24.2 Å². The second-order valence-electron chi connectivity index (χ2n) is 5.45.